The first-order valence-electron chi connectivity index (χ1n) is 6.08. The third-order valence-electron chi connectivity index (χ3n) is 3.33. The van der Waals surface area contributed by atoms with Crippen molar-refractivity contribution in [2.24, 2.45) is 0 Å². The second kappa shape index (κ2) is 4.74. The molecule has 0 aliphatic carbocycles. The van der Waals surface area contributed by atoms with E-state index in [1.165, 1.54) is 16.8 Å². The van der Waals surface area contributed by atoms with Gasteiger partial charge in [-0.25, -0.2) is 9.67 Å². The van der Waals surface area contributed by atoms with Gasteiger partial charge in [0.1, 0.15) is 12.4 Å². The molecule has 2 atom stereocenters. The highest BCUT2D eigenvalue weighted by Gasteiger charge is 2.32. The van der Waals surface area contributed by atoms with Gasteiger partial charge < -0.3 is 5.11 Å². The molecular formula is C13H15N3OS. The van der Waals surface area contributed by atoms with Crippen molar-refractivity contribution in [2.75, 3.05) is 5.75 Å². The maximum Gasteiger partial charge on any atom is 0.156 e. The van der Waals surface area contributed by atoms with E-state index in [-0.39, 0.29) is 5.92 Å². The number of aliphatic hydroxyl groups excluding tert-OH is 1. The molecule has 2 unspecified atom stereocenters. The fourth-order valence-corrected chi connectivity index (χ4v) is 3.66. The average Bonchev–Trinajstić information content (AvgIpc) is 3.04. The summed E-state index contributed by atoms with van der Waals surface area (Å²) in [5.41, 5.74) is 1.22. The highest BCUT2D eigenvalue weighted by Crippen LogP contribution is 2.44. The fourth-order valence-electron chi connectivity index (χ4n) is 2.37. The Bertz CT molecular complexity index is 555. The van der Waals surface area contributed by atoms with Gasteiger partial charge in [-0.1, -0.05) is 18.2 Å². The largest absolute Gasteiger partial charge is 0.384 e. The SMILES string of the molecule is CCn1ncnc1C(O)C1CSc2ccccc21. The molecular weight excluding hydrogens is 246 g/mol. The fraction of sp³-hybridized carbons (Fsp3) is 0.385. The number of aromatic nitrogens is 3. The second-order valence-electron chi connectivity index (χ2n) is 4.33. The standard InChI is InChI=1S/C13H15N3OS/c1-2-16-13(14-8-15-16)12(17)10-7-18-11-6-4-3-5-9(10)11/h3-6,8,10,12,17H,2,7H2,1H3. The molecule has 1 aliphatic heterocycles. The number of benzene rings is 1. The minimum Gasteiger partial charge on any atom is -0.384 e. The van der Waals surface area contributed by atoms with Crippen molar-refractivity contribution < 1.29 is 5.11 Å². The molecule has 1 aromatic heterocycles. The average molecular weight is 261 g/mol. The van der Waals surface area contributed by atoms with Gasteiger partial charge in [-0.15, -0.1) is 11.8 Å². The summed E-state index contributed by atoms with van der Waals surface area (Å²) in [6, 6.07) is 8.26. The van der Waals surface area contributed by atoms with Gasteiger partial charge in [0.25, 0.3) is 0 Å². The molecule has 2 aromatic rings. The summed E-state index contributed by atoms with van der Waals surface area (Å²) >= 11 is 1.80. The van der Waals surface area contributed by atoms with Crippen LogP contribution in [0, 0.1) is 0 Å². The summed E-state index contributed by atoms with van der Waals surface area (Å²) in [4.78, 5) is 5.46. The number of rotatable bonds is 3. The summed E-state index contributed by atoms with van der Waals surface area (Å²) in [7, 11) is 0. The van der Waals surface area contributed by atoms with E-state index >= 15 is 0 Å². The Labute approximate surface area is 110 Å². The van der Waals surface area contributed by atoms with Gasteiger partial charge in [0.05, 0.1) is 0 Å². The molecule has 5 heteroatoms. The smallest absolute Gasteiger partial charge is 0.156 e. The molecule has 0 radical (unpaired) electrons. The molecule has 94 valence electrons. The van der Waals surface area contributed by atoms with Crippen molar-refractivity contribution in [1.82, 2.24) is 14.8 Å². The van der Waals surface area contributed by atoms with Gasteiger partial charge in [0.15, 0.2) is 5.82 Å². The molecule has 0 saturated carbocycles. The molecule has 0 spiro atoms. The monoisotopic (exact) mass is 261 g/mol. The van der Waals surface area contributed by atoms with Crippen LogP contribution in [0.5, 0.6) is 0 Å². The van der Waals surface area contributed by atoms with Crippen LogP contribution < -0.4 is 0 Å². The number of nitrogens with zero attached hydrogens (tertiary/aromatic N) is 3. The molecule has 0 saturated heterocycles. The Morgan fingerprint density at radius 1 is 1.50 bits per heavy atom. The lowest BCUT2D eigenvalue weighted by Crippen LogP contribution is -2.16. The van der Waals surface area contributed by atoms with Gasteiger partial charge >= 0.3 is 0 Å². The molecule has 1 aliphatic rings. The van der Waals surface area contributed by atoms with Crippen LogP contribution >= 0.6 is 11.8 Å². The zero-order chi connectivity index (χ0) is 12.5. The lowest BCUT2D eigenvalue weighted by atomic mass is 9.95. The van der Waals surface area contributed by atoms with E-state index in [0.717, 1.165) is 12.3 Å². The Morgan fingerprint density at radius 3 is 3.17 bits per heavy atom. The van der Waals surface area contributed by atoms with Crippen molar-refractivity contribution in [1.29, 1.82) is 0 Å². The zero-order valence-corrected chi connectivity index (χ0v) is 11.0. The Kier molecular flexibility index (Phi) is 3.09. The first kappa shape index (κ1) is 11.7. The maximum absolute atomic E-state index is 10.5. The van der Waals surface area contributed by atoms with Crippen molar-refractivity contribution >= 4 is 11.8 Å². The van der Waals surface area contributed by atoms with E-state index in [0.29, 0.717) is 5.82 Å². The quantitative estimate of drug-likeness (QED) is 0.920. The molecule has 2 heterocycles. The van der Waals surface area contributed by atoms with Gasteiger partial charge in [-0.05, 0) is 18.6 Å². The zero-order valence-electron chi connectivity index (χ0n) is 10.2. The predicted molar refractivity (Wildman–Crippen MR) is 70.6 cm³/mol. The van der Waals surface area contributed by atoms with Crippen LogP contribution in [0.25, 0.3) is 0 Å². The van der Waals surface area contributed by atoms with Crippen molar-refractivity contribution in [2.45, 2.75) is 30.4 Å². The van der Waals surface area contributed by atoms with E-state index < -0.39 is 6.10 Å². The number of thioether (sulfide) groups is 1. The van der Waals surface area contributed by atoms with Gasteiger partial charge in [-0.3, -0.25) is 0 Å². The normalized spacial score (nSPS) is 19.8. The van der Waals surface area contributed by atoms with Gasteiger partial charge in [0, 0.05) is 23.1 Å². The summed E-state index contributed by atoms with van der Waals surface area (Å²) in [6.07, 6.45) is 0.930. The molecule has 0 fully saturated rings. The Morgan fingerprint density at radius 2 is 2.33 bits per heavy atom. The van der Waals surface area contributed by atoms with Crippen LogP contribution in [-0.2, 0) is 6.54 Å². The molecule has 3 rings (SSSR count). The third-order valence-corrected chi connectivity index (χ3v) is 4.54. The Balaban J connectivity index is 1.93. The van der Waals surface area contributed by atoms with Crippen molar-refractivity contribution in [3.8, 4) is 0 Å². The number of aryl methyl sites for hydroxylation is 1. The van der Waals surface area contributed by atoms with Crippen LogP contribution in [0.15, 0.2) is 35.5 Å². The Hall–Kier alpha value is -1.33. The summed E-state index contributed by atoms with van der Waals surface area (Å²) < 4.78 is 1.76. The second-order valence-corrected chi connectivity index (χ2v) is 5.40. The number of fused-ring (bicyclic) bond motifs is 1. The van der Waals surface area contributed by atoms with Crippen LogP contribution in [-0.4, -0.2) is 25.6 Å². The molecule has 1 N–H and O–H groups in total. The summed E-state index contributed by atoms with van der Waals surface area (Å²) in [5, 5.41) is 14.7. The number of hydrogen-bond acceptors (Lipinski definition) is 4. The molecule has 18 heavy (non-hydrogen) atoms. The molecule has 4 nitrogen and oxygen atoms in total. The van der Waals surface area contributed by atoms with Gasteiger partial charge in [0.2, 0.25) is 0 Å². The number of aliphatic hydroxyl groups is 1. The minimum absolute atomic E-state index is 0.112. The van der Waals surface area contributed by atoms with E-state index in [4.69, 9.17) is 0 Å². The van der Waals surface area contributed by atoms with E-state index in [1.807, 2.05) is 19.1 Å². The van der Waals surface area contributed by atoms with Crippen LogP contribution in [0.4, 0.5) is 0 Å². The molecule has 1 aromatic carbocycles. The van der Waals surface area contributed by atoms with Crippen molar-refractivity contribution in [3.05, 3.63) is 42.0 Å². The third kappa shape index (κ3) is 1.83. The van der Waals surface area contributed by atoms with E-state index in [9.17, 15) is 5.11 Å². The van der Waals surface area contributed by atoms with Crippen LogP contribution in [0.3, 0.4) is 0 Å². The van der Waals surface area contributed by atoms with E-state index in [1.54, 1.807) is 16.4 Å². The first-order chi connectivity index (χ1) is 8.81. The topological polar surface area (TPSA) is 50.9 Å². The minimum atomic E-state index is -0.580. The summed E-state index contributed by atoms with van der Waals surface area (Å²) in [5.74, 6) is 1.68. The predicted octanol–water partition coefficient (Wildman–Crippen LogP) is 2.22. The van der Waals surface area contributed by atoms with Crippen LogP contribution in [0.1, 0.15) is 30.3 Å². The van der Waals surface area contributed by atoms with Crippen LogP contribution in [0.2, 0.25) is 0 Å². The first-order valence-corrected chi connectivity index (χ1v) is 7.07. The molecule has 0 bridgehead atoms. The molecule has 0 amide bonds. The maximum atomic E-state index is 10.5. The lowest BCUT2D eigenvalue weighted by molar-refractivity contribution is 0.138. The highest BCUT2D eigenvalue weighted by molar-refractivity contribution is 7.99. The van der Waals surface area contributed by atoms with E-state index in [2.05, 4.69) is 22.2 Å². The lowest BCUT2D eigenvalue weighted by Gasteiger charge is -2.18. The van der Waals surface area contributed by atoms with Crippen molar-refractivity contribution in [3.63, 3.8) is 0 Å². The number of hydrogen-bond donors (Lipinski definition) is 1. The highest BCUT2D eigenvalue weighted by atomic mass is 32.2. The van der Waals surface area contributed by atoms with Gasteiger partial charge in [-0.2, -0.15) is 5.10 Å². The summed E-state index contributed by atoms with van der Waals surface area (Å²) in [6.45, 7) is 2.73.